The molecule has 2 aromatic rings. The third-order valence-corrected chi connectivity index (χ3v) is 3.15. The molecule has 4 heteroatoms. The van der Waals surface area contributed by atoms with Gasteiger partial charge in [-0.2, -0.15) is 0 Å². The van der Waals surface area contributed by atoms with E-state index in [-0.39, 0.29) is 12.6 Å². The quantitative estimate of drug-likeness (QED) is 0.448. The summed E-state index contributed by atoms with van der Waals surface area (Å²) in [5.41, 5.74) is 1.91. The first-order valence-corrected chi connectivity index (χ1v) is 7.00. The Morgan fingerprint density at radius 3 is 2.53 bits per heavy atom. The molecule has 0 atom stereocenters. The monoisotopic (exact) mass is 324 g/mol. The fourth-order valence-corrected chi connectivity index (χ4v) is 1.95. The smallest absolute Gasteiger partial charge is 0.189 e. The van der Waals surface area contributed by atoms with Crippen LogP contribution in [0, 0.1) is 5.82 Å². The molecule has 0 spiro atoms. The molecular weight excluding hydrogens is 311 g/mol. The van der Waals surface area contributed by atoms with Gasteiger partial charge in [-0.25, -0.2) is 4.39 Å². The first kappa shape index (κ1) is 14.0. The zero-order valence-corrected chi connectivity index (χ0v) is 11.9. The Kier molecular flexibility index (Phi) is 5.36. The van der Waals surface area contributed by atoms with Gasteiger partial charge in [0.15, 0.2) is 6.79 Å². The molecule has 0 aliphatic heterocycles. The molecule has 0 bridgehead atoms. The normalized spacial score (nSPS) is 10.4. The van der Waals surface area contributed by atoms with Crippen molar-refractivity contribution in [3.8, 4) is 5.75 Å². The highest BCUT2D eigenvalue weighted by Crippen LogP contribution is 2.18. The number of benzene rings is 2. The highest BCUT2D eigenvalue weighted by molar-refractivity contribution is 9.08. The van der Waals surface area contributed by atoms with Gasteiger partial charge in [0.25, 0.3) is 0 Å². The maximum atomic E-state index is 13.2. The lowest BCUT2D eigenvalue weighted by Gasteiger charge is -2.08. The molecule has 0 unspecified atom stereocenters. The zero-order chi connectivity index (χ0) is 13.5. The molecule has 0 aliphatic rings. The van der Waals surface area contributed by atoms with Gasteiger partial charge in [-0.3, -0.25) is 0 Å². The van der Waals surface area contributed by atoms with Gasteiger partial charge in [-0.05, 0) is 23.3 Å². The van der Waals surface area contributed by atoms with Gasteiger partial charge in [0.05, 0.1) is 6.61 Å². The number of hydrogen-bond acceptors (Lipinski definition) is 2. The maximum Gasteiger partial charge on any atom is 0.189 e. The van der Waals surface area contributed by atoms with Gasteiger partial charge in [-0.15, -0.1) is 0 Å². The Hall–Kier alpha value is -1.39. The molecule has 0 radical (unpaired) electrons. The Labute approximate surface area is 120 Å². The van der Waals surface area contributed by atoms with E-state index < -0.39 is 0 Å². The summed E-state index contributed by atoms with van der Waals surface area (Å²) in [7, 11) is 0. The number of halogens is 2. The Bertz CT molecular complexity index is 517. The van der Waals surface area contributed by atoms with Crippen molar-refractivity contribution >= 4 is 15.9 Å². The molecule has 0 saturated carbocycles. The molecule has 0 N–H and O–H groups in total. The van der Waals surface area contributed by atoms with E-state index in [4.69, 9.17) is 9.47 Å². The van der Waals surface area contributed by atoms with Gasteiger partial charge >= 0.3 is 0 Å². The predicted molar refractivity (Wildman–Crippen MR) is 75.8 cm³/mol. The second-order valence-corrected chi connectivity index (χ2v) is 4.59. The Morgan fingerprint density at radius 2 is 1.79 bits per heavy atom. The summed E-state index contributed by atoms with van der Waals surface area (Å²) in [5.74, 6) is 0.164. The second kappa shape index (κ2) is 7.26. The molecule has 100 valence electrons. The lowest BCUT2D eigenvalue weighted by molar-refractivity contribution is 0.00488. The van der Waals surface area contributed by atoms with Crippen LogP contribution in [-0.4, -0.2) is 6.79 Å². The molecule has 0 amide bonds. The van der Waals surface area contributed by atoms with Crippen LogP contribution >= 0.6 is 15.9 Å². The van der Waals surface area contributed by atoms with E-state index in [1.807, 2.05) is 30.3 Å². The van der Waals surface area contributed by atoms with Gasteiger partial charge < -0.3 is 9.47 Å². The first-order chi connectivity index (χ1) is 9.28. The summed E-state index contributed by atoms with van der Waals surface area (Å²) in [4.78, 5) is 0. The summed E-state index contributed by atoms with van der Waals surface area (Å²) < 4.78 is 24.0. The van der Waals surface area contributed by atoms with Crippen LogP contribution in [0.15, 0.2) is 48.5 Å². The van der Waals surface area contributed by atoms with Crippen molar-refractivity contribution < 1.29 is 13.9 Å². The molecule has 0 fully saturated rings. The lowest BCUT2D eigenvalue weighted by atomic mass is 10.2. The van der Waals surface area contributed by atoms with Crippen LogP contribution in [-0.2, 0) is 16.7 Å². The predicted octanol–water partition coefficient (Wildman–Crippen LogP) is 4.27. The average molecular weight is 325 g/mol. The van der Waals surface area contributed by atoms with E-state index in [0.29, 0.717) is 17.7 Å². The van der Waals surface area contributed by atoms with E-state index in [2.05, 4.69) is 15.9 Å². The summed E-state index contributed by atoms with van der Waals surface area (Å²) in [5, 5.41) is 0.589. The van der Waals surface area contributed by atoms with E-state index >= 15 is 0 Å². The van der Waals surface area contributed by atoms with Crippen molar-refractivity contribution in [3.63, 3.8) is 0 Å². The van der Waals surface area contributed by atoms with E-state index in [1.54, 1.807) is 6.07 Å². The summed E-state index contributed by atoms with van der Waals surface area (Å²) >= 11 is 3.28. The van der Waals surface area contributed by atoms with Gasteiger partial charge in [-0.1, -0.05) is 46.3 Å². The lowest BCUT2D eigenvalue weighted by Crippen LogP contribution is -2.03. The third kappa shape index (κ3) is 4.65. The fraction of sp³-hybridized carbons (Fsp3) is 0.200. The summed E-state index contributed by atoms with van der Waals surface area (Å²) in [6.45, 7) is 0.571. The molecule has 0 aromatic heterocycles. The van der Waals surface area contributed by atoms with Crippen LogP contribution in [0.5, 0.6) is 5.75 Å². The number of ether oxygens (including phenoxy) is 2. The summed E-state index contributed by atoms with van der Waals surface area (Å²) in [6.07, 6.45) is 0. The van der Waals surface area contributed by atoms with Crippen molar-refractivity contribution in [2.24, 2.45) is 0 Å². The topological polar surface area (TPSA) is 18.5 Å². The number of hydrogen-bond donors (Lipinski definition) is 0. The van der Waals surface area contributed by atoms with Gasteiger partial charge in [0.1, 0.15) is 11.6 Å². The van der Waals surface area contributed by atoms with Crippen LogP contribution in [0.1, 0.15) is 11.1 Å². The minimum absolute atomic E-state index is 0.0973. The van der Waals surface area contributed by atoms with Crippen molar-refractivity contribution in [2.75, 3.05) is 6.79 Å². The van der Waals surface area contributed by atoms with Crippen LogP contribution in [0.3, 0.4) is 0 Å². The van der Waals surface area contributed by atoms with Crippen molar-refractivity contribution in [1.29, 1.82) is 0 Å². The molecule has 19 heavy (non-hydrogen) atoms. The maximum absolute atomic E-state index is 13.2. The fourth-order valence-electron chi connectivity index (χ4n) is 1.62. The molecule has 0 heterocycles. The van der Waals surface area contributed by atoms with Gasteiger partial charge in [0, 0.05) is 11.4 Å². The molecule has 2 rings (SSSR count). The molecule has 0 saturated heterocycles. The van der Waals surface area contributed by atoms with Crippen molar-refractivity contribution in [1.82, 2.24) is 0 Å². The Morgan fingerprint density at radius 1 is 1.00 bits per heavy atom. The average Bonchev–Trinajstić information content (AvgIpc) is 2.44. The summed E-state index contributed by atoms with van der Waals surface area (Å²) in [6, 6.07) is 14.4. The van der Waals surface area contributed by atoms with Crippen molar-refractivity contribution in [3.05, 3.63) is 65.5 Å². The van der Waals surface area contributed by atoms with Crippen LogP contribution in [0.2, 0.25) is 0 Å². The minimum Gasteiger partial charge on any atom is -0.467 e. The van der Waals surface area contributed by atoms with E-state index in [0.717, 1.165) is 11.1 Å². The van der Waals surface area contributed by atoms with Gasteiger partial charge in [0.2, 0.25) is 0 Å². The molecule has 0 aliphatic carbocycles. The molecular formula is C15H14BrFO2. The van der Waals surface area contributed by atoms with Crippen LogP contribution in [0.25, 0.3) is 0 Å². The highest BCUT2D eigenvalue weighted by Gasteiger charge is 2.01. The third-order valence-electron chi connectivity index (χ3n) is 2.51. The highest BCUT2D eigenvalue weighted by atomic mass is 79.9. The minimum atomic E-state index is -0.310. The molecule has 2 nitrogen and oxygen atoms in total. The molecule has 2 aromatic carbocycles. The second-order valence-electron chi connectivity index (χ2n) is 4.03. The number of rotatable bonds is 6. The number of alkyl halides is 1. The van der Waals surface area contributed by atoms with Crippen molar-refractivity contribution in [2.45, 2.75) is 11.9 Å². The van der Waals surface area contributed by atoms with Crippen LogP contribution < -0.4 is 4.74 Å². The SMILES string of the molecule is Fc1cc(CBr)cc(OCOCc2ccccc2)c1. The first-order valence-electron chi connectivity index (χ1n) is 5.88. The zero-order valence-electron chi connectivity index (χ0n) is 10.3. The Balaban J connectivity index is 1.81. The standard InChI is InChI=1S/C15H14BrFO2/c16-9-13-6-14(17)8-15(7-13)19-11-18-10-12-4-2-1-3-5-12/h1-8H,9-11H2. The van der Waals surface area contributed by atoms with Crippen LogP contribution in [0.4, 0.5) is 4.39 Å². The van der Waals surface area contributed by atoms with E-state index in [1.165, 1.54) is 12.1 Å². The van der Waals surface area contributed by atoms with E-state index in [9.17, 15) is 4.39 Å². The largest absolute Gasteiger partial charge is 0.467 e.